The highest BCUT2D eigenvalue weighted by molar-refractivity contribution is 8.26. The van der Waals surface area contributed by atoms with Crippen molar-refractivity contribution >= 4 is 51.9 Å². The van der Waals surface area contributed by atoms with Gasteiger partial charge in [-0.1, -0.05) is 48.2 Å². The van der Waals surface area contributed by atoms with Crippen LogP contribution in [0.3, 0.4) is 0 Å². The third kappa shape index (κ3) is 6.94. The van der Waals surface area contributed by atoms with Gasteiger partial charge >= 0.3 is 5.97 Å². The molecule has 0 saturated carbocycles. The highest BCUT2D eigenvalue weighted by Gasteiger charge is 2.32. The zero-order valence-corrected chi connectivity index (χ0v) is 25.3. The summed E-state index contributed by atoms with van der Waals surface area (Å²) in [4.78, 5) is 29.2. The second-order valence-corrected chi connectivity index (χ2v) is 12.4. The monoisotopic (exact) mass is 615 g/mol. The molecule has 10 heteroatoms. The van der Waals surface area contributed by atoms with Gasteiger partial charge in [-0.25, -0.2) is 4.79 Å². The number of morpholine rings is 1. The molecule has 3 heterocycles. The summed E-state index contributed by atoms with van der Waals surface area (Å²) in [6.07, 6.45) is 3.46. The van der Waals surface area contributed by atoms with E-state index in [2.05, 4.69) is 40.5 Å². The van der Waals surface area contributed by atoms with Gasteiger partial charge in [0.2, 0.25) is 0 Å². The number of rotatable bonds is 10. The van der Waals surface area contributed by atoms with Gasteiger partial charge in [0.15, 0.2) is 0 Å². The second kappa shape index (κ2) is 13.3. The molecule has 222 valence electrons. The Morgan fingerprint density at radius 3 is 2.60 bits per heavy atom. The molecule has 0 aliphatic carbocycles. The third-order valence-electron chi connectivity index (χ3n) is 7.91. The van der Waals surface area contributed by atoms with Gasteiger partial charge < -0.3 is 19.9 Å². The van der Waals surface area contributed by atoms with Crippen LogP contribution in [-0.4, -0.2) is 83.6 Å². The van der Waals surface area contributed by atoms with Crippen LogP contribution in [0.1, 0.15) is 27.0 Å². The molecule has 2 saturated heterocycles. The van der Waals surface area contributed by atoms with Gasteiger partial charge in [0.25, 0.3) is 5.91 Å². The molecule has 3 aromatic rings. The Labute approximate surface area is 260 Å². The topological polar surface area (TPSA) is 91.3 Å². The number of ether oxygens (including phenoxy) is 2. The number of carbonyl (C=O) groups excluding carboxylic acids is 1. The fourth-order valence-electron chi connectivity index (χ4n) is 5.46. The van der Waals surface area contributed by atoms with E-state index in [4.69, 9.17) is 26.8 Å². The zero-order valence-electron chi connectivity index (χ0n) is 23.7. The number of fused-ring (bicyclic) bond motifs is 1. The number of thiocarbonyl (C=S) groups is 1. The molecule has 0 unspecified atom stereocenters. The quantitative estimate of drug-likeness (QED) is 0.237. The van der Waals surface area contributed by atoms with E-state index >= 15 is 0 Å². The van der Waals surface area contributed by atoms with Crippen molar-refractivity contribution in [1.82, 2.24) is 9.80 Å². The lowest BCUT2D eigenvalue weighted by Crippen LogP contribution is -2.38. The van der Waals surface area contributed by atoms with Gasteiger partial charge in [-0.2, -0.15) is 0 Å². The number of nitrogens with zero attached hydrogens (tertiary/aromatic N) is 2. The van der Waals surface area contributed by atoms with Crippen LogP contribution in [0.15, 0.2) is 65.6 Å². The first-order valence-corrected chi connectivity index (χ1v) is 15.7. The van der Waals surface area contributed by atoms with Gasteiger partial charge in [0.05, 0.1) is 23.7 Å². The first kappa shape index (κ1) is 29.4. The predicted molar refractivity (Wildman–Crippen MR) is 174 cm³/mol. The highest BCUT2D eigenvalue weighted by atomic mass is 32.2. The molecule has 8 nitrogen and oxygen atoms in total. The van der Waals surface area contributed by atoms with E-state index in [0.29, 0.717) is 28.8 Å². The highest BCUT2D eigenvalue weighted by Crippen LogP contribution is 2.37. The Hall–Kier alpha value is -3.70. The number of hydrogen-bond donors (Lipinski definition) is 2. The number of carboxylic acids is 1. The molecular weight excluding hydrogens is 583 g/mol. The summed E-state index contributed by atoms with van der Waals surface area (Å²) in [5.74, 6) is -0.371. The Morgan fingerprint density at radius 1 is 1.05 bits per heavy atom. The van der Waals surface area contributed by atoms with Crippen LogP contribution in [0.25, 0.3) is 17.2 Å². The molecule has 43 heavy (non-hydrogen) atoms. The number of thioether (sulfide) groups is 1. The number of carboxylic acid groups (broad SMARTS) is 1. The Balaban J connectivity index is 1.21. The van der Waals surface area contributed by atoms with E-state index in [9.17, 15) is 9.59 Å². The molecule has 0 atom stereocenters. The van der Waals surface area contributed by atoms with E-state index in [-0.39, 0.29) is 11.5 Å². The number of nitrogens with one attached hydrogen (secondary N) is 1. The maximum absolute atomic E-state index is 13.5. The molecule has 3 aromatic carbocycles. The van der Waals surface area contributed by atoms with Crippen LogP contribution in [0.2, 0.25) is 0 Å². The number of amides is 1. The van der Waals surface area contributed by atoms with Crippen LogP contribution in [-0.2, 0) is 22.4 Å². The average molecular weight is 616 g/mol. The average Bonchev–Trinajstić information content (AvgIpc) is 3.60. The summed E-state index contributed by atoms with van der Waals surface area (Å²) in [6, 6.07) is 19.3. The minimum atomic E-state index is -0.963. The van der Waals surface area contributed by atoms with Crippen molar-refractivity contribution in [1.29, 1.82) is 0 Å². The van der Waals surface area contributed by atoms with Crippen molar-refractivity contribution in [3.05, 3.63) is 87.8 Å². The molecule has 1 amide bonds. The summed E-state index contributed by atoms with van der Waals surface area (Å²) in [5, 5.41) is 12.6. The van der Waals surface area contributed by atoms with Crippen molar-refractivity contribution in [2.24, 2.45) is 0 Å². The lowest BCUT2D eigenvalue weighted by Gasteiger charge is -2.26. The molecule has 6 rings (SSSR count). The van der Waals surface area contributed by atoms with Crippen molar-refractivity contribution in [3.8, 4) is 16.9 Å². The number of carbonyl (C=O) groups is 2. The van der Waals surface area contributed by atoms with Crippen molar-refractivity contribution in [3.63, 3.8) is 0 Å². The predicted octanol–water partition coefficient (Wildman–Crippen LogP) is 5.17. The van der Waals surface area contributed by atoms with Crippen LogP contribution in [0, 0.1) is 0 Å². The molecule has 3 aliphatic rings. The van der Waals surface area contributed by atoms with E-state index in [1.165, 1.54) is 23.0 Å². The van der Waals surface area contributed by atoms with Gasteiger partial charge in [-0.05, 0) is 77.6 Å². The smallest absolute Gasteiger partial charge is 0.335 e. The maximum Gasteiger partial charge on any atom is 0.335 e. The molecular formula is C33H33N3O5S2. The zero-order chi connectivity index (χ0) is 29.8. The number of hydrogen-bond acceptors (Lipinski definition) is 8. The normalized spacial score (nSPS) is 17.8. The van der Waals surface area contributed by atoms with Gasteiger partial charge in [0, 0.05) is 44.0 Å². The first-order chi connectivity index (χ1) is 20.9. The van der Waals surface area contributed by atoms with Gasteiger partial charge in [-0.3, -0.25) is 14.6 Å². The van der Waals surface area contributed by atoms with Gasteiger partial charge in [0.1, 0.15) is 16.7 Å². The van der Waals surface area contributed by atoms with Gasteiger partial charge in [-0.15, -0.1) is 0 Å². The molecule has 2 fully saturated rings. The first-order valence-electron chi connectivity index (χ1n) is 14.5. The summed E-state index contributed by atoms with van der Waals surface area (Å²) in [6.45, 7) is 5.99. The summed E-state index contributed by atoms with van der Waals surface area (Å²) in [5.41, 5.74) is 6.69. The number of anilines is 1. The lowest BCUT2D eigenvalue weighted by molar-refractivity contribution is -0.122. The third-order valence-corrected chi connectivity index (χ3v) is 9.29. The van der Waals surface area contributed by atoms with E-state index < -0.39 is 5.97 Å². The van der Waals surface area contributed by atoms with Crippen molar-refractivity contribution in [2.75, 3.05) is 57.9 Å². The standard InChI is InChI=1S/C33H33N3O5S2/c37-31-30(43-33(42)36(31)12-10-22-1-3-23(4-2-22)32(38)39)21-27-20-25(24-5-7-28-26(19-24)9-11-34-28)6-8-29(27)41-18-15-35-13-16-40-17-14-35/h1-8,19-21,34H,9-18H2,(H,38,39). The molecule has 2 N–H and O–H groups in total. The van der Waals surface area contributed by atoms with E-state index in [0.717, 1.165) is 73.8 Å². The van der Waals surface area contributed by atoms with Crippen LogP contribution < -0.4 is 10.1 Å². The lowest BCUT2D eigenvalue weighted by atomic mass is 9.99. The number of benzene rings is 3. The minimum Gasteiger partial charge on any atom is -0.492 e. The molecule has 0 bridgehead atoms. The van der Waals surface area contributed by atoms with Crippen LogP contribution in [0.5, 0.6) is 5.75 Å². The largest absolute Gasteiger partial charge is 0.492 e. The molecule has 3 aliphatic heterocycles. The fourth-order valence-corrected chi connectivity index (χ4v) is 6.75. The van der Waals surface area contributed by atoms with E-state index in [1.54, 1.807) is 29.2 Å². The Bertz CT molecular complexity index is 1570. The van der Waals surface area contributed by atoms with E-state index in [1.807, 2.05) is 12.1 Å². The van der Waals surface area contributed by atoms with Crippen LogP contribution >= 0.6 is 24.0 Å². The minimum absolute atomic E-state index is 0.134. The summed E-state index contributed by atoms with van der Waals surface area (Å²) < 4.78 is 12.3. The fraction of sp³-hybridized carbons (Fsp3) is 0.303. The summed E-state index contributed by atoms with van der Waals surface area (Å²) >= 11 is 6.90. The molecule has 0 radical (unpaired) electrons. The van der Waals surface area contributed by atoms with Crippen molar-refractivity contribution in [2.45, 2.75) is 12.8 Å². The Morgan fingerprint density at radius 2 is 1.81 bits per heavy atom. The summed E-state index contributed by atoms with van der Waals surface area (Å²) in [7, 11) is 0. The maximum atomic E-state index is 13.5. The SMILES string of the molecule is O=C(O)c1ccc(CCN2C(=O)C(=Cc3cc(-c4ccc5c(c4)CCN5)ccc3OCCN3CCOCC3)SC2=S)cc1. The molecule has 0 spiro atoms. The Kier molecular flexibility index (Phi) is 9.08. The number of aromatic carboxylic acids is 1. The van der Waals surface area contributed by atoms with Crippen LogP contribution in [0.4, 0.5) is 5.69 Å². The van der Waals surface area contributed by atoms with Crippen molar-refractivity contribution < 1.29 is 24.2 Å². The molecule has 0 aromatic heterocycles. The second-order valence-electron chi connectivity index (χ2n) is 10.7.